The number of aromatic nitrogens is 3. The van der Waals surface area contributed by atoms with E-state index in [2.05, 4.69) is 10.3 Å². The average molecular weight is 199 g/mol. The van der Waals surface area contributed by atoms with Gasteiger partial charge in [0.2, 0.25) is 0 Å². The summed E-state index contributed by atoms with van der Waals surface area (Å²) in [6, 6.07) is 0. The van der Waals surface area contributed by atoms with Gasteiger partial charge in [0.25, 0.3) is 0 Å². The molecule has 5 nitrogen and oxygen atoms in total. The van der Waals surface area contributed by atoms with E-state index in [9.17, 15) is 0 Å². The maximum absolute atomic E-state index is 8.63. The Morgan fingerprint density at radius 3 is 3.14 bits per heavy atom. The van der Waals surface area contributed by atoms with Crippen LogP contribution in [0.1, 0.15) is 19.0 Å². The minimum absolute atomic E-state index is 0.200. The molecule has 0 aromatic carbocycles. The molecule has 0 spiro atoms. The van der Waals surface area contributed by atoms with Crippen molar-refractivity contribution < 1.29 is 9.84 Å². The van der Waals surface area contributed by atoms with Gasteiger partial charge in [0.1, 0.15) is 0 Å². The maximum Gasteiger partial charge on any atom is 0.0828 e. The quantitative estimate of drug-likeness (QED) is 0.639. The second-order valence-electron chi connectivity index (χ2n) is 3.00. The van der Waals surface area contributed by atoms with Gasteiger partial charge in [-0.05, 0) is 19.8 Å². The van der Waals surface area contributed by atoms with Gasteiger partial charge in [0, 0.05) is 19.4 Å². The number of hydrogen-bond donors (Lipinski definition) is 1. The molecule has 0 aliphatic carbocycles. The van der Waals surface area contributed by atoms with Gasteiger partial charge in [-0.1, -0.05) is 5.21 Å². The Hall–Kier alpha value is -0.940. The highest BCUT2D eigenvalue weighted by atomic mass is 16.5. The van der Waals surface area contributed by atoms with E-state index < -0.39 is 0 Å². The summed E-state index contributed by atoms with van der Waals surface area (Å²) in [6.45, 7) is 4.30. The summed E-state index contributed by atoms with van der Waals surface area (Å²) in [5.41, 5.74) is 0.926. The molecule has 0 amide bonds. The third-order valence-corrected chi connectivity index (χ3v) is 1.85. The molecule has 1 heterocycles. The van der Waals surface area contributed by atoms with Crippen molar-refractivity contribution in [1.82, 2.24) is 15.0 Å². The van der Waals surface area contributed by atoms with Crippen LogP contribution in [0.15, 0.2) is 6.20 Å². The van der Waals surface area contributed by atoms with Crippen LogP contribution in [0.5, 0.6) is 0 Å². The van der Waals surface area contributed by atoms with E-state index in [1.165, 1.54) is 0 Å². The van der Waals surface area contributed by atoms with E-state index in [4.69, 9.17) is 9.84 Å². The number of hydrogen-bond acceptors (Lipinski definition) is 4. The number of ether oxygens (including phenoxy) is 1. The molecule has 0 saturated heterocycles. The lowest BCUT2D eigenvalue weighted by Crippen LogP contribution is -2.06. The Balaban J connectivity index is 2.27. The first-order valence-corrected chi connectivity index (χ1v) is 4.94. The van der Waals surface area contributed by atoms with E-state index in [1.807, 2.05) is 13.1 Å². The van der Waals surface area contributed by atoms with E-state index in [0.717, 1.165) is 31.7 Å². The Bertz CT molecular complexity index is 250. The highest BCUT2D eigenvalue weighted by Gasteiger charge is 1.99. The van der Waals surface area contributed by atoms with E-state index in [1.54, 1.807) is 4.68 Å². The van der Waals surface area contributed by atoms with Crippen molar-refractivity contribution in [3.8, 4) is 0 Å². The molecular weight excluding hydrogens is 182 g/mol. The standard InChI is InChI=1S/C9H17N3O2/c1-2-14-7-5-12-8-9(10-11-12)4-3-6-13/h8,13H,2-7H2,1H3. The molecule has 0 unspecified atom stereocenters. The molecule has 80 valence electrons. The molecule has 0 radical (unpaired) electrons. The van der Waals surface area contributed by atoms with Gasteiger partial charge in [-0.2, -0.15) is 0 Å². The van der Waals surface area contributed by atoms with Crippen LogP contribution in [0.4, 0.5) is 0 Å². The molecule has 0 saturated carbocycles. The topological polar surface area (TPSA) is 60.2 Å². The van der Waals surface area contributed by atoms with Crippen LogP contribution in [-0.2, 0) is 17.7 Å². The molecule has 1 aromatic rings. The zero-order valence-corrected chi connectivity index (χ0v) is 8.52. The number of aliphatic hydroxyl groups excluding tert-OH is 1. The predicted molar refractivity (Wildman–Crippen MR) is 51.9 cm³/mol. The third kappa shape index (κ3) is 3.85. The molecule has 1 aromatic heterocycles. The first kappa shape index (κ1) is 11.1. The molecule has 0 aliphatic heterocycles. The summed E-state index contributed by atoms with van der Waals surface area (Å²) in [6.07, 6.45) is 3.42. The highest BCUT2D eigenvalue weighted by molar-refractivity contribution is 4.91. The Morgan fingerprint density at radius 2 is 2.43 bits per heavy atom. The molecule has 0 aliphatic rings. The number of nitrogens with zero attached hydrogens (tertiary/aromatic N) is 3. The Labute approximate surface area is 83.7 Å². The van der Waals surface area contributed by atoms with E-state index >= 15 is 0 Å². The molecule has 0 bridgehead atoms. The van der Waals surface area contributed by atoms with Crippen LogP contribution >= 0.6 is 0 Å². The largest absolute Gasteiger partial charge is 0.396 e. The minimum atomic E-state index is 0.200. The summed E-state index contributed by atoms with van der Waals surface area (Å²) >= 11 is 0. The van der Waals surface area contributed by atoms with Gasteiger partial charge in [-0.3, -0.25) is 0 Å². The van der Waals surface area contributed by atoms with Gasteiger partial charge in [-0.25, -0.2) is 4.68 Å². The van der Waals surface area contributed by atoms with Crippen LogP contribution < -0.4 is 0 Å². The average Bonchev–Trinajstić information content (AvgIpc) is 2.63. The van der Waals surface area contributed by atoms with E-state index in [-0.39, 0.29) is 6.61 Å². The summed E-state index contributed by atoms with van der Waals surface area (Å²) in [4.78, 5) is 0. The van der Waals surface area contributed by atoms with Gasteiger partial charge in [0.15, 0.2) is 0 Å². The summed E-state index contributed by atoms with van der Waals surface area (Å²) in [7, 11) is 0. The predicted octanol–water partition coefficient (Wildman–Crippen LogP) is 0.240. The third-order valence-electron chi connectivity index (χ3n) is 1.85. The zero-order chi connectivity index (χ0) is 10.2. The highest BCUT2D eigenvalue weighted by Crippen LogP contribution is 1.97. The van der Waals surface area contributed by atoms with Crippen LogP contribution in [0, 0.1) is 0 Å². The summed E-state index contributed by atoms with van der Waals surface area (Å²) in [5, 5.41) is 16.6. The summed E-state index contributed by atoms with van der Waals surface area (Å²) < 4.78 is 6.97. The Kier molecular flexibility index (Phi) is 5.17. The van der Waals surface area contributed by atoms with Crippen LogP contribution in [0.2, 0.25) is 0 Å². The van der Waals surface area contributed by atoms with Gasteiger partial charge < -0.3 is 9.84 Å². The van der Waals surface area contributed by atoms with E-state index in [0.29, 0.717) is 6.61 Å². The number of aliphatic hydroxyl groups is 1. The molecule has 1 rings (SSSR count). The van der Waals surface area contributed by atoms with Crippen LogP contribution in [0.3, 0.4) is 0 Å². The lowest BCUT2D eigenvalue weighted by Gasteiger charge is -1.99. The molecule has 1 N–H and O–H groups in total. The fourth-order valence-corrected chi connectivity index (χ4v) is 1.12. The normalized spacial score (nSPS) is 10.7. The maximum atomic E-state index is 8.63. The monoisotopic (exact) mass is 199 g/mol. The first-order chi connectivity index (χ1) is 6.86. The zero-order valence-electron chi connectivity index (χ0n) is 8.52. The second kappa shape index (κ2) is 6.50. The smallest absolute Gasteiger partial charge is 0.0828 e. The van der Waals surface area contributed by atoms with Crippen LogP contribution in [-0.4, -0.2) is 39.9 Å². The number of aryl methyl sites for hydroxylation is 1. The first-order valence-electron chi connectivity index (χ1n) is 4.94. The second-order valence-corrected chi connectivity index (χ2v) is 3.00. The van der Waals surface area contributed by atoms with Crippen molar-refractivity contribution in [3.63, 3.8) is 0 Å². The fraction of sp³-hybridized carbons (Fsp3) is 0.778. The Morgan fingerprint density at radius 1 is 1.57 bits per heavy atom. The molecule has 5 heteroatoms. The van der Waals surface area contributed by atoms with Crippen molar-refractivity contribution >= 4 is 0 Å². The molecule has 0 fully saturated rings. The minimum Gasteiger partial charge on any atom is -0.396 e. The van der Waals surface area contributed by atoms with Crippen molar-refractivity contribution in [1.29, 1.82) is 0 Å². The lowest BCUT2D eigenvalue weighted by molar-refractivity contribution is 0.136. The van der Waals surface area contributed by atoms with Gasteiger partial charge >= 0.3 is 0 Å². The lowest BCUT2D eigenvalue weighted by atomic mass is 10.3. The summed E-state index contributed by atoms with van der Waals surface area (Å²) in [5.74, 6) is 0. The number of rotatable bonds is 7. The van der Waals surface area contributed by atoms with Gasteiger partial charge in [-0.15, -0.1) is 5.10 Å². The van der Waals surface area contributed by atoms with Gasteiger partial charge in [0.05, 0.1) is 18.8 Å². The van der Waals surface area contributed by atoms with Crippen LogP contribution in [0.25, 0.3) is 0 Å². The van der Waals surface area contributed by atoms with Crippen molar-refractivity contribution in [2.24, 2.45) is 0 Å². The molecular formula is C9H17N3O2. The molecule has 0 atom stereocenters. The molecule has 14 heavy (non-hydrogen) atoms. The van der Waals surface area contributed by atoms with Crippen molar-refractivity contribution in [2.75, 3.05) is 19.8 Å². The van der Waals surface area contributed by atoms with Crippen molar-refractivity contribution in [3.05, 3.63) is 11.9 Å². The SMILES string of the molecule is CCOCCn1cc(CCCO)nn1. The van der Waals surface area contributed by atoms with Crippen molar-refractivity contribution in [2.45, 2.75) is 26.3 Å². The fourth-order valence-electron chi connectivity index (χ4n) is 1.12.